The van der Waals surface area contributed by atoms with Crippen LogP contribution in [-0.2, 0) is 0 Å². The first-order valence-corrected chi connectivity index (χ1v) is 8.87. The number of rotatable bonds is 3. The molecule has 2 aromatic carbocycles. The molecule has 1 aliphatic heterocycles. The van der Waals surface area contributed by atoms with Crippen LogP contribution in [-0.4, -0.2) is 24.6 Å². The Morgan fingerprint density at radius 1 is 1.00 bits per heavy atom. The monoisotopic (exact) mass is 373 g/mol. The number of nitrogens with zero attached hydrogens (tertiary/aromatic N) is 2. The van der Waals surface area contributed by atoms with Crippen LogP contribution in [0.4, 0.5) is 11.4 Å². The minimum Gasteiger partial charge on any atom is -0.497 e. The van der Waals surface area contributed by atoms with Crippen molar-refractivity contribution in [3.63, 3.8) is 0 Å². The van der Waals surface area contributed by atoms with Crippen molar-refractivity contribution in [2.24, 2.45) is 9.98 Å². The number of hydrogen-bond donors (Lipinski definition) is 1. The first-order valence-electron chi connectivity index (χ1n) is 8.87. The van der Waals surface area contributed by atoms with Gasteiger partial charge in [-0.1, -0.05) is 24.3 Å². The Labute approximate surface area is 162 Å². The molecular weight excluding hydrogens is 354 g/mol. The molecule has 1 N–H and O–H groups in total. The minimum atomic E-state index is -0.352. The number of amides is 1. The average Bonchev–Trinajstić information content (AvgIpc) is 3.21. The molecule has 0 unspecified atom stereocenters. The van der Waals surface area contributed by atoms with Gasteiger partial charge in [-0.25, -0.2) is 4.99 Å². The summed E-state index contributed by atoms with van der Waals surface area (Å²) >= 11 is 0. The van der Waals surface area contributed by atoms with Crippen LogP contribution in [0.3, 0.4) is 0 Å². The van der Waals surface area contributed by atoms with Crippen LogP contribution in [0.25, 0.3) is 0 Å². The fraction of sp³-hybridized carbons (Fsp3) is 0.136. The number of ether oxygens (including phenoxy) is 1. The Bertz CT molecular complexity index is 1050. The van der Waals surface area contributed by atoms with Crippen molar-refractivity contribution in [3.05, 3.63) is 78.3 Å². The maximum atomic E-state index is 12.6. The van der Waals surface area contributed by atoms with Crippen molar-refractivity contribution < 1.29 is 13.9 Å². The summed E-state index contributed by atoms with van der Waals surface area (Å²) in [6, 6.07) is 18.6. The number of benzene rings is 2. The van der Waals surface area contributed by atoms with Crippen LogP contribution >= 0.6 is 0 Å². The average molecular weight is 373 g/mol. The number of carbonyl (C=O) groups is 1. The summed E-state index contributed by atoms with van der Waals surface area (Å²) in [6.07, 6.45) is 1.47. The molecule has 28 heavy (non-hydrogen) atoms. The third-order valence-corrected chi connectivity index (χ3v) is 4.55. The van der Waals surface area contributed by atoms with Gasteiger partial charge < -0.3 is 14.5 Å². The highest BCUT2D eigenvalue weighted by Crippen LogP contribution is 2.34. The van der Waals surface area contributed by atoms with Crippen LogP contribution in [0.1, 0.15) is 29.0 Å². The number of methoxy groups -OCH3 is 1. The van der Waals surface area contributed by atoms with Crippen molar-refractivity contribution in [1.82, 2.24) is 5.32 Å². The smallest absolute Gasteiger partial charge is 0.292 e. The van der Waals surface area contributed by atoms with E-state index >= 15 is 0 Å². The molecule has 0 radical (unpaired) electrons. The largest absolute Gasteiger partial charge is 0.497 e. The molecule has 0 bridgehead atoms. The van der Waals surface area contributed by atoms with Gasteiger partial charge in [0.25, 0.3) is 5.91 Å². The maximum Gasteiger partial charge on any atom is 0.292 e. The van der Waals surface area contributed by atoms with E-state index in [-0.39, 0.29) is 17.6 Å². The lowest BCUT2D eigenvalue weighted by Crippen LogP contribution is -2.37. The van der Waals surface area contributed by atoms with E-state index < -0.39 is 0 Å². The van der Waals surface area contributed by atoms with Crippen molar-refractivity contribution in [3.8, 4) is 5.75 Å². The van der Waals surface area contributed by atoms with Gasteiger partial charge in [0.1, 0.15) is 11.6 Å². The van der Waals surface area contributed by atoms with Gasteiger partial charge in [-0.15, -0.1) is 0 Å². The highest BCUT2D eigenvalue weighted by molar-refractivity contribution is 6.18. The van der Waals surface area contributed by atoms with Gasteiger partial charge in [0.05, 0.1) is 30.7 Å². The van der Waals surface area contributed by atoms with Gasteiger partial charge in [-0.05, 0) is 48.9 Å². The highest BCUT2D eigenvalue weighted by atomic mass is 16.5. The number of furan rings is 1. The summed E-state index contributed by atoms with van der Waals surface area (Å²) in [5, 5.41) is 2.91. The van der Waals surface area contributed by atoms with E-state index in [1.807, 2.05) is 55.5 Å². The van der Waals surface area contributed by atoms with E-state index in [4.69, 9.17) is 19.1 Å². The first kappa shape index (κ1) is 17.7. The molecule has 140 valence electrons. The van der Waals surface area contributed by atoms with E-state index in [0.29, 0.717) is 11.5 Å². The summed E-state index contributed by atoms with van der Waals surface area (Å²) in [5.41, 5.74) is 3.25. The zero-order valence-electron chi connectivity index (χ0n) is 15.5. The number of aliphatic imine (C=N–C) groups is 2. The molecule has 4 rings (SSSR count). The predicted octanol–water partition coefficient (Wildman–Crippen LogP) is 4.64. The third kappa shape index (κ3) is 3.44. The van der Waals surface area contributed by atoms with Gasteiger partial charge in [-0.2, -0.15) is 0 Å². The quantitative estimate of drug-likeness (QED) is 0.727. The molecule has 1 amide bonds. The van der Waals surface area contributed by atoms with Crippen molar-refractivity contribution in [2.45, 2.75) is 12.8 Å². The van der Waals surface area contributed by atoms with E-state index in [1.54, 1.807) is 19.2 Å². The van der Waals surface area contributed by atoms with Crippen LogP contribution < -0.4 is 10.1 Å². The number of hydrogen-bond acceptors (Lipinski definition) is 5. The molecule has 0 fully saturated rings. The predicted molar refractivity (Wildman–Crippen MR) is 108 cm³/mol. The normalized spacial score (nSPS) is 15.7. The lowest BCUT2D eigenvalue weighted by atomic mass is 9.93. The molecule has 0 saturated carbocycles. The van der Waals surface area contributed by atoms with E-state index in [0.717, 1.165) is 22.7 Å². The number of nitrogens with one attached hydrogen (secondary N) is 1. The van der Waals surface area contributed by atoms with Crippen molar-refractivity contribution in [1.29, 1.82) is 0 Å². The highest BCUT2D eigenvalue weighted by Gasteiger charge is 2.27. The number of fused-ring (bicyclic) bond motifs is 1. The van der Waals surface area contributed by atoms with E-state index in [9.17, 15) is 4.79 Å². The fourth-order valence-corrected chi connectivity index (χ4v) is 3.18. The standard InChI is InChI=1S/C22H19N3O3/c1-14-20(15-9-11-16(27-2)12-10-15)21(25-22(26)19-8-5-13-28-19)24-18-7-4-3-6-17(18)23-14/h3-13,20H,1-2H3,(H,24,25,26)/t20-/m1/s1. The molecule has 1 atom stereocenters. The number of carbonyl (C=O) groups excluding carboxylic acids is 1. The van der Waals surface area contributed by atoms with Crippen LogP contribution in [0, 0.1) is 0 Å². The molecule has 0 saturated heterocycles. The fourth-order valence-electron chi connectivity index (χ4n) is 3.18. The van der Waals surface area contributed by atoms with E-state index in [1.165, 1.54) is 6.26 Å². The Balaban J connectivity index is 1.79. The third-order valence-electron chi connectivity index (χ3n) is 4.55. The molecule has 3 aromatic rings. The minimum absolute atomic E-state index is 0.225. The second kappa shape index (κ2) is 7.52. The molecule has 6 heteroatoms. The summed E-state index contributed by atoms with van der Waals surface area (Å²) < 4.78 is 10.5. The summed E-state index contributed by atoms with van der Waals surface area (Å²) in [6.45, 7) is 1.94. The lowest BCUT2D eigenvalue weighted by molar-refractivity contribution is 0.0949. The Hall–Kier alpha value is -3.67. The molecule has 0 aliphatic carbocycles. The van der Waals surface area contributed by atoms with Gasteiger partial charge in [0.15, 0.2) is 5.76 Å². The number of amidine groups is 1. The van der Waals surface area contributed by atoms with Crippen LogP contribution in [0.5, 0.6) is 5.75 Å². The Morgan fingerprint density at radius 3 is 2.36 bits per heavy atom. The van der Waals surface area contributed by atoms with Crippen molar-refractivity contribution in [2.75, 3.05) is 7.11 Å². The molecule has 6 nitrogen and oxygen atoms in total. The molecule has 0 spiro atoms. The van der Waals surface area contributed by atoms with Gasteiger partial charge in [-0.3, -0.25) is 9.79 Å². The van der Waals surface area contributed by atoms with Gasteiger partial charge in [0, 0.05) is 5.71 Å². The number of para-hydroxylation sites is 2. The summed E-state index contributed by atoms with van der Waals surface area (Å²) in [4.78, 5) is 22.1. The van der Waals surface area contributed by atoms with Gasteiger partial charge >= 0.3 is 0 Å². The van der Waals surface area contributed by atoms with Crippen LogP contribution in [0.15, 0.2) is 81.3 Å². The maximum absolute atomic E-state index is 12.6. The zero-order chi connectivity index (χ0) is 19.5. The molecular formula is C22H19N3O3. The Kier molecular flexibility index (Phi) is 4.76. The van der Waals surface area contributed by atoms with Crippen LogP contribution in [0.2, 0.25) is 0 Å². The second-order valence-corrected chi connectivity index (χ2v) is 6.38. The zero-order valence-corrected chi connectivity index (χ0v) is 15.5. The first-order chi connectivity index (χ1) is 13.7. The lowest BCUT2D eigenvalue weighted by Gasteiger charge is -2.19. The van der Waals surface area contributed by atoms with E-state index in [2.05, 4.69) is 5.32 Å². The summed E-state index contributed by atoms with van der Waals surface area (Å²) in [7, 11) is 1.63. The second-order valence-electron chi connectivity index (χ2n) is 6.38. The summed E-state index contributed by atoms with van der Waals surface area (Å²) in [5.74, 6) is 0.820. The Morgan fingerprint density at radius 2 is 1.71 bits per heavy atom. The molecule has 2 heterocycles. The molecule has 1 aliphatic rings. The topological polar surface area (TPSA) is 76.2 Å². The molecule has 1 aromatic heterocycles. The van der Waals surface area contributed by atoms with Crippen molar-refractivity contribution >= 4 is 28.8 Å². The van der Waals surface area contributed by atoms with Gasteiger partial charge in [0.2, 0.25) is 0 Å². The SMILES string of the molecule is COc1ccc([C@H]2C(C)=Nc3ccccc3N=C2NC(=O)c2ccco2)cc1.